The molecule has 0 radical (unpaired) electrons. The van der Waals surface area contributed by atoms with E-state index in [1.54, 1.807) is 0 Å². The van der Waals surface area contributed by atoms with Crippen LogP contribution in [0.3, 0.4) is 0 Å². The van der Waals surface area contributed by atoms with Crippen LogP contribution in [0, 0.1) is 5.41 Å². The van der Waals surface area contributed by atoms with Crippen molar-refractivity contribution in [3.05, 3.63) is 66.0 Å². The van der Waals surface area contributed by atoms with Crippen LogP contribution in [-0.4, -0.2) is 47.5 Å². The molecule has 0 aliphatic carbocycles. The minimum absolute atomic E-state index is 0.530. The molecule has 25 heavy (non-hydrogen) atoms. The summed E-state index contributed by atoms with van der Waals surface area (Å²) in [5.74, 6) is 0. The van der Waals surface area contributed by atoms with Crippen LogP contribution in [0.2, 0.25) is 0 Å². The van der Waals surface area contributed by atoms with Crippen molar-refractivity contribution in [2.45, 2.75) is 32.2 Å². The summed E-state index contributed by atoms with van der Waals surface area (Å²) in [6.45, 7) is 7.35. The van der Waals surface area contributed by atoms with Gasteiger partial charge in [-0.25, -0.2) is 0 Å². The van der Waals surface area contributed by atoms with Crippen LogP contribution in [0.15, 0.2) is 54.9 Å². The first-order chi connectivity index (χ1) is 12.3. The summed E-state index contributed by atoms with van der Waals surface area (Å²) in [7, 11) is 0. The normalized spacial score (nSPS) is 24.8. The van der Waals surface area contributed by atoms with Crippen LogP contribution in [-0.2, 0) is 13.0 Å². The first kappa shape index (κ1) is 16.7. The lowest BCUT2D eigenvalue weighted by atomic mass is 9.79. The van der Waals surface area contributed by atoms with E-state index in [2.05, 4.69) is 57.2 Å². The molecule has 2 aliphatic heterocycles. The summed E-state index contributed by atoms with van der Waals surface area (Å²) in [4.78, 5) is 9.50. The number of hydrogen-bond donors (Lipinski definition) is 0. The number of aromatic nitrogens is 1. The fourth-order valence-electron chi connectivity index (χ4n) is 4.68. The number of benzene rings is 1. The van der Waals surface area contributed by atoms with Gasteiger partial charge in [0.05, 0.1) is 0 Å². The van der Waals surface area contributed by atoms with E-state index >= 15 is 0 Å². The largest absolute Gasteiger partial charge is 0.302 e. The van der Waals surface area contributed by atoms with Crippen molar-refractivity contribution in [3.63, 3.8) is 0 Å². The van der Waals surface area contributed by atoms with Gasteiger partial charge in [-0.15, -0.1) is 0 Å². The quantitative estimate of drug-likeness (QED) is 0.832. The van der Waals surface area contributed by atoms with Crippen molar-refractivity contribution in [2.24, 2.45) is 5.41 Å². The van der Waals surface area contributed by atoms with Crippen LogP contribution in [0.4, 0.5) is 0 Å². The van der Waals surface area contributed by atoms with Crippen LogP contribution >= 0.6 is 0 Å². The Labute approximate surface area is 151 Å². The van der Waals surface area contributed by atoms with Crippen molar-refractivity contribution < 1.29 is 0 Å². The highest BCUT2D eigenvalue weighted by Gasteiger charge is 2.40. The molecule has 2 aromatic rings. The number of piperidine rings is 1. The summed E-state index contributed by atoms with van der Waals surface area (Å²) < 4.78 is 0. The van der Waals surface area contributed by atoms with Gasteiger partial charge in [-0.1, -0.05) is 30.3 Å². The smallest absolute Gasteiger partial charge is 0.0271 e. The molecule has 3 heteroatoms. The van der Waals surface area contributed by atoms with Crippen molar-refractivity contribution in [3.8, 4) is 0 Å². The first-order valence-electron chi connectivity index (χ1n) is 9.69. The molecule has 0 bridgehead atoms. The van der Waals surface area contributed by atoms with Gasteiger partial charge in [0, 0.05) is 38.6 Å². The Morgan fingerprint density at radius 1 is 0.840 bits per heavy atom. The van der Waals surface area contributed by atoms with Gasteiger partial charge in [0.2, 0.25) is 0 Å². The van der Waals surface area contributed by atoms with Crippen molar-refractivity contribution in [1.29, 1.82) is 0 Å². The summed E-state index contributed by atoms with van der Waals surface area (Å²) in [6.07, 6.45) is 9.12. The van der Waals surface area contributed by atoms with E-state index < -0.39 is 0 Å². The fraction of sp³-hybridized carbons (Fsp3) is 0.500. The molecular formula is C22H29N3. The van der Waals surface area contributed by atoms with Gasteiger partial charge in [0.15, 0.2) is 0 Å². The SMILES string of the molecule is c1ccc(CCN2CCCC3(CCN(Cc4ccncc4)C3)C2)cc1. The Hall–Kier alpha value is -1.71. The molecule has 0 N–H and O–H groups in total. The summed E-state index contributed by atoms with van der Waals surface area (Å²) in [5, 5.41) is 0. The standard InChI is InChI=1S/C22H29N3/c1-2-5-20(6-3-1)9-15-24-14-4-10-22(18-24)11-16-25(19-22)17-21-7-12-23-13-8-21/h1-3,5-8,12-13H,4,9-11,14-19H2. The molecule has 3 heterocycles. The summed E-state index contributed by atoms with van der Waals surface area (Å²) in [5.41, 5.74) is 3.39. The average molecular weight is 335 g/mol. The molecular weight excluding hydrogens is 306 g/mol. The Balaban J connectivity index is 1.31. The second kappa shape index (κ2) is 7.67. The molecule has 2 saturated heterocycles. The fourth-order valence-corrected chi connectivity index (χ4v) is 4.68. The van der Waals surface area contributed by atoms with E-state index in [9.17, 15) is 0 Å². The van der Waals surface area contributed by atoms with E-state index in [-0.39, 0.29) is 0 Å². The molecule has 1 spiro atoms. The van der Waals surface area contributed by atoms with Gasteiger partial charge in [-0.3, -0.25) is 9.88 Å². The first-order valence-corrected chi connectivity index (χ1v) is 9.69. The molecule has 1 aromatic carbocycles. The monoisotopic (exact) mass is 335 g/mol. The Bertz CT molecular complexity index is 657. The summed E-state index contributed by atoms with van der Waals surface area (Å²) in [6, 6.07) is 15.2. The molecule has 0 amide bonds. The lowest BCUT2D eigenvalue weighted by Crippen LogP contribution is -2.45. The Morgan fingerprint density at radius 3 is 2.48 bits per heavy atom. The van der Waals surface area contributed by atoms with Crippen molar-refractivity contribution >= 4 is 0 Å². The van der Waals surface area contributed by atoms with Gasteiger partial charge in [0.25, 0.3) is 0 Å². The van der Waals surface area contributed by atoms with Gasteiger partial charge in [-0.2, -0.15) is 0 Å². The molecule has 0 saturated carbocycles. The molecule has 2 fully saturated rings. The van der Waals surface area contributed by atoms with Crippen LogP contribution < -0.4 is 0 Å². The molecule has 1 unspecified atom stereocenters. The van der Waals surface area contributed by atoms with Gasteiger partial charge < -0.3 is 4.90 Å². The molecule has 2 aliphatic rings. The number of hydrogen-bond acceptors (Lipinski definition) is 3. The van der Waals surface area contributed by atoms with Crippen LogP contribution in [0.5, 0.6) is 0 Å². The second-order valence-corrected chi connectivity index (χ2v) is 7.93. The zero-order valence-electron chi connectivity index (χ0n) is 15.1. The highest BCUT2D eigenvalue weighted by molar-refractivity contribution is 5.15. The molecule has 1 aromatic heterocycles. The van der Waals surface area contributed by atoms with E-state index in [1.807, 2.05) is 12.4 Å². The van der Waals surface area contributed by atoms with E-state index in [0.29, 0.717) is 5.41 Å². The minimum atomic E-state index is 0.530. The second-order valence-electron chi connectivity index (χ2n) is 7.93. The zero-order chi connectivity index (χ0) is 17.0. The van der Waals surface area contributed by atoms with Gasteiger partial charge in [-0.05, 0) is 67.4 Å². The summed E-state index contributed by atoms with van der Waals surface area (Å²) >= 11 is 0. The van der Waals surface area contributed by atoms with E-state index in [4.69, 9.17) is 0 Å². The maximum absolute atomic E-state index is 4.13. The highest BCUT2D eigenvalue weighted by Crippen LogP contribution is 2.39. The van der Waals surface area contributed by atoms with E-state index in [1.165, 1.54) is 69.5 Å². The van der Waals surface area contributed by atoms with Crippen LogP contribution in [0.25, 0.3) is 0 Å². The van der Waals surface area contributed by atoms with Gasteiger partial charge in [0.1, 0.15) is 0 Å². The predicted molar refractivity (Wildman–Crippen MR) is 102 cm³/mol. The highest BCUT2D eigenvalue weighted by atomic mass is 15.2. The predicted octanol–water partition coefficient (Wildman–Crippen LogP) is 3.61. The average Bonchev–Trinajstić information content (AvgIpc) is 3.03. The number of likely N-dealkylation sites (tertiary alicyclic amines) is 2. The molecule has 4 rings (SSSR count). The molecule has 132 valence electrons. The number of pyridine rings is 1. The lowest BCUT2D eigenvalue weighted by Gasteiger charge is -2.40. The lowest BCUT2D eigenvalue weighted by molar-refractivity contribution is 0.0928. The van der Waals surface area contributed by atoms with Crippen molar-refractivity contribution in [1.82, 2.24) is 14.8 Å². The third-order valence-electron chi connectivity index (χ3n) is 5.97. The van der Waals surface area contributed by atoms with Crippen LogP contribution in [0.1, 0.15) is 30.4 Å². The topological polar surface area (TPSA) is 19.4 Å². The van der Waals surface area contributed by atoms with Gasteiger partial charge >= 0.3 is 0 Å². The molecule has 1 atom stereocenters. The maximum atomic E-state index is 4.13. The molecule has 3 nitrogen and oxygen atoms in total. The number of rotatable bonds is 5. The van der Waals surface area contributed by atoms with Crippen molar-refractivity contribution in [2.75, 3.05) is 32.7 Å². The Kier molecular flexibility index (Phi) is 5.14. The number of nitrogens with zero attached hydrogens (tertiary/aromatic N) is 3. The maximum Gasteiger partial charge on any atom is 0.0271 e. The van der Waals surface area contributed by atoms with E-state index in [0.717, 1.165) is 6.54 Å². The third kappa shape index (κ3) is 4.28. The Morgan fingerprint density at radius 2 is 1.64 bits per heavy atom. The minimum Gasteiger partial charge on any atom is -0.302 e. The zero-order valence-corrected chi connectivity index (χ0v) is 15.1. The third-order valence-corrected chi connectivity index (χ3v) is 5.97.